The molecule has 5 aromatic carbocycles. The molecule has 2 heterocycles. The van der Waals surface area contributed by atoms with Gasteiger partial charge in [0.05, 0.1) is 40.7 Å². The molecule has 13 heteroatoms. The first-order valence-electron chi connectivity index (χ1n) is 18.6. The van der Waals surface area contributed by atoms with Crippen LogP contribution in [-0.4, -0.2) is 41.4 Å². The van der Waals surface area contributed by atoms with Gasteiger partial charge in [-0.2, -0.15) is 0 Å². The monoisotopic (exact) mass is 796 g/mol. The van der Waals surface area contributed by atoms with Crippen LogP contribution >= 0.6 is 0 Å². The summed E-state index contributed by atoms with van der Waals surface area (Å²) < 4.78 is 36.2. The minimum Gasteiger partial charge on any atom is -0.460 e. The standard InChI is InChI=1S/C46H36O13/c1-27(47)17-23-39(49)54-25-32-37(56-43(51)29-11-5-3-6-12-29)21-19-35-41(32)58-42-33(26-55-40(50)24-18-28(2)48)38(57-44(52)30-13-7-4-8-14-30)22-20-36(42)46(35)34-16-10-9-15-31(34)45(53)59-46/h3-16,19-22H,17-18,23-26H2,1-2H3. The van der Waals surface area contributed by atoms with Gasteiger partial charge in [0.25, 0.3) is 0 Å². The second-order valence-corrected chi connectivity index (χ2v) is 13.8. The fourth-order valence-corrected chi connectivity index (χ4v) is 6.81. The summed E-state index contributed by atoms with van der Waals surface area (Å²) in [4.78, 5) is 90.0. The van der Waals surface area contributed by atoms with Crippen molar-refractivity contribution in [1.82, 2.24) is 0 Å². The van der Waals surface area contributed by atoms with Gasteiger partial charge in [-0.1, -0.05) is 54.6 Å². The van der Waals surface area contributed by atoms with Crippen LogP contribution in [0.1, 0.15) is 98.4 Å². The summed E-state index contributed by atoms with van der Waals surface area (Å²) in [6.07, 6.45) is -0.588. The average Bonchev–Trinajstić information content (AvgIpc) is 3.53. The van der Waals surface area contributed by atoms with Crippen LogP contribution < -0.4 is 14.2 Å². The molecule has 0 fully saturated rings. The van der Waals surface area contributed by atoms with Crippen LogP contribution in [0, 0.1) is 0 Å². The molecule has 0 saturated heterocycles. The van der Waals surface area contributed by atoms with Crippen molar-refractivity contribution in [1.29, 1.82) is 0 Å². The van der Waals surface area contributed by atoms with Crippen molar-refractivity contribution in [2.45, 2.75) is 58.3 Å². The summed E-state index contributed by atoms with van der Waals surface area (Å²) in [6.45, 7) is 1.63. The molecule has 0 aliphatic carbocycles. The topological polar surface area (TPSA) is 175 Å². The molecule has 0 aromatic heterocycles. The summed E-state index contributed by atoms with van der Waals surface area (Å²) in [5.74, 6) is -4.30. The Balaban J connectivity index is 1.43. The number of fused-ring (bicyclic) bond motifs is 6. The molecular formula is C46H36O13. The summed E-state index contributed by atoms with van der Waals surface area (Å²) in [5, 5.41) is 0. The van der Waals surface area contributed by atoms with Crippen molar-refractivity contribution in [3.63, 3.8) is 0 Å². The van der Waals surface area contributed by atoms with Crippen LogP contribution in [0.25, 0.3) is 0 Å². The van der Waals surface area contributed by atoms with Crippen LogP contribution in [0.4, 0.5) is 0 Å². The van der Waals surface area contributed by atoms with Crippen LogP contribution in [-0.2, 0) is 52.2 Å². The van der Waals surface area contributed by atoms with E-state index in [4.69, 9.17) is 28.4 Å². The van der Waals surface area contributed by atoms with E-state index in [2.05, 4.69) is 0 Å². The quantitative estimate of drug-likeness (QED) is 0.0614. The highest BCUT2D eigenvalue weighted by Gasteiger charge is 2.55. The summed E-state index contributed by atoms with van der Waals surface area (Å²) in [5.41, 5.74) is -0.0560. The smallest absolute Gasteiger partial charge is 0.343 e. The lowest BCUT2D eigenvalue weighted by Gasteiger charge is -2.38. The minimum absolute atomic E-state index is 0.0458. The lowest BCUT2D eigenvalue weighted by Crippen LogP contribution is -2.34. The van der Waals surface area contributed by atoms with Crippen molar-refractivity contribution in [3.05, 3.63) is 154 Å². The van der Waals surface area contributed by atoms with Crippen molar-refractivity contribution >= 4 is 41.4 Å². The molecule has 298 valence electrons. The Morgan fingerprint density at radius 3 is 1.42 bits per heavy atom. The van der Waals surface area contributed by atoms with Gasteiger partial charge in [-0.15, -0.1) is 0 Å². The second-order valence-electron chi connectivity index (χ2n) is 13.8. The van der Waals surface area contributed by atoms with E-state index >= 15 is 0 Å². The van der Waals surface area contributed by atoms with Crippen molar-refractivity contribution in [2.24, 2.45) is 0 Å². The Labute approximate surface area is 337 Å². The van der Waals surface area contributed by atoms with Gasteiger partial charge in [-0.05, 0) is 68.4 Å². The van der Waals surface area contributed by atoms with E-state index in [0.29, 0.717) is 5.56 Å². The zero-order valence-electron chi connectivity index (χ0n) is 31.9. The molecule has 0 saturated carbocycles. The van der Waals surface area contributed by atoms with Gasteiger partial charge in [0.2, 0.25) is 0 Å². The van der Waals surface area contributed by atoms with Gasteiger partial charge in [0.1, 0.15) is 47.8 Å². The summed E-state index contributed by atoms with van der Waals surface area (Å²) in [6, 6.07) is 29.1. The van der Waals surface area contributed by atoms with E-state index < -0.39 is 48.7 Å². The molecule has 0 unspecified atom stereocenters. The molecule has 13 nitrogen and oxygen atoms in total. The van der Waals surface area contributed by atoms with Gasteiger partial charge in [0, 0.05) is 29.5 Å². The van der Waals surface area contributed by atoms with E-state index in [9.17, 15) is 33.6 Å². The fraction of sp³-hybridized carbons (Fsp3) is 0.196. The molecule has 0 atom stereocenters. The van der Waals surface area contributed by atoms with Crippen LogP contribution in [0.15, 0.2) is 109 Å². The maximum Gasteiger partial charge on any atom is 0.343 e. The molecule has 0 N–H and O–H groups in total. The SMILES string of the molecule is CC(=O)CCC(=O)OCc1c(OC(=O)c2ccccc2)ccc2c1Oc1c(ccc(OC(=O)c3ccccc3)c1COC(=O)CCC(C)=O)C21OC(=O)c2ccccc21. The first kappa shape index (κ1) is 39.8. The number of carbonyl (C=O) groups excluding carboxylic acids is 7. The lowest BCUT2D eigenvalue weighted by molar-refractivity contribution is -0.146. The summed E-state index contributed by atoms with van der Waals surface area (Å²) in [7, 11) is 0. The first-order valence-corrected chi connectivity index (χ1v) is 18.6. The third-order valence-corrected chi connectivity index (χ3v) is 9.71. The number of carbonyl (C=O) groups is 7. The fourth-order valence-electron chi connectivity index (χ4n) is 6.81. The second kappa shape index (κ2) is 17.0. The summed E-state index contributed by atoms with van der Waals surface area (Å²) >= 11 is 0. The Kier molecular flexibility index (Phi) is 11.5. The Morgan fingerprint density at radius 2 is 0.966 bits per heavy atom. The Hall–Kier alpha value is -7.41. The third kappa shape index (κ3) is 8.21. The number of hydrogen-bond acceptors (Lipinski definition) is 13. The van der Waals surface area contributed by atoms with E-state index in [1.807, 2.05) is 0 Å². The van der Waals surface area contributed by atoms with E-state index in [1.165, 1.54) is 26.0 Å². The molecular weight excluding hydrogens is 760 g/mol. The zero-order valence-corrected chi connectivity index (χ0v) is 31.9. The Morgan fingerprint density at radius 1 is 0.525 bits per heavy atom. The molecule has 2 aliphatic rings. The number of hydrogen-bond donors (Lipinski definition) is 0. The van der Waals surface area contributed by atoms with Crippen molar-refractivity contribution in [3.8, 4) is 23.0 Å². The van der Waals surface area contributed by atoms with Crippen LogP contribution in [0.3, 0.4) is 0 Å². The predicted octanol–water partition coefficient (Wildman–Crippen LogP) is 7.52. The van der Waals surface area contributed by atoms with Gasteiger partial charge in [-0.3, -0.25) is 9.59 Å². The molecule has 1 spiro atoms. The highest BCUT2D eigenvalue weighted by Crippen LogP contribution is 2.59. The van der Waals surface area contributed by atoms with Crippen LogP contribution in [0.2, 0.25) is 0 Å². The van der Waals surface area contributed by atoms with Gasteiger partial charge in [-0.25, -0.2) is 14.4 Å². The van der Waals surface area contributed by atoms with Crippen molar-refractivity contribution in [2.75, 3.05) is 0 Å². The molecule has 0 bridgehead atoms. The van der Waals surface area contributed by atoms with Gasteiger partial charge in [0.15, 0.2) is 5.60 Å². The first-order chi connectivity index (χ1) is 28.5. The van der Waals surface area contributed by atoms with Crippen LogP contribution in [0.5, 0.6) is 23.0 Å². The largest absolute Gasteiger partial charge is 0.460 e. The van der Waals surface area contributed by atoms with Crippen molar-refractivity contribution < 1.29 is 62.0 Å². The number of ether oxygens (including phenoxy) is 6. The van der Waals surface area contributed by atoms with Gasteiger partial charge < -0.3 is 38.0 Å². The number of esters is 5. The molecule has 0 amide bonds. The third-order valence-electron chi connectivity index (χ3n) is 9.71. The minimum atomic E-state index is -1.75. The molecule has 2 aliphatic heterocycles. The normalized spacial score (nSPS) is 12.8. The molecule has 0 radical (unpaired) electrons. The molecule has 7 rings (SSSR count). The molecule has 59 heavy (non-hydrogen) atoms. The number of rotatable bonds is 14. The predicted molar refractivity (Wildman–Crippen MR) is 207 cm³/mol. The number of Topliss-reactive ketones (excluding diaryl/α,β-unsaturated/α-hetero) is 2. The highest BCUT2D eigenvalue weighted by atomic mass is 16.6. The zero-order chi connectivity index (χ0) is 41.7. The maximum absolute atomic E-state index is 13.8. The lowest BCUT2D eigenvalue weighted by atomic mass is 9.76. The van der Waals surface area contributed by atoms with E-state index in [-0.39, 0.29) is 99.2 Å². The number of benzene rings is 5. The average molecular weight is 797 g/mol. The van der Waals surface area contributed by atoms with E-state index in [0.717, 1.165) is 0 Å². The van der Waals surface area contributed by atoms with Gasteiger partial charge >= 0.3 is 29.8 Å². The number of ketones is 2. The highest BCUT2D eigenvalue weighted by molar-refractivity contribution is 5.97. The maximum atomic E-state index is 13.8. The molecule has 5 aromatic rings. The van der Waals surface area contributed by atoms with E-state index in [1.54, 1.807) is 97.1 Å². The Bertz CT molecular complexity index is 2360.